The lowest BCUT2D eigenvalue weighted by molar-refractivity contribution is 0.154. The van der Waals surface area contributed by atoms with Gasteiger partial charge in [0.2, 0.25) is 7.41 Å². The van der Waals surface area contributed by atoms with Gasteiger partial charge in [0.15, 0.2) is 0 Å². The first-order chi connectivity index (χ1) is 6.72. The second-order valence-electron chi connectivity index (χ2n) is 4.97. The van der Waals surface area contributed by atoms with E-state index in [1.165, 1.54) is 32.4 Å². The monoisotopic (exact) mass is 193 g/mol. The van der Waals surface area contributed by atoms with Gasteiger partial charge in [-0.25, -0.2) is 0 Å². The van der Waals surface area contributed by atoms with Gasteiger partial charge in [-0.1, -0.05) is 6.82 Å². The van der Waals surface area contributed by atoms with Crippen molar-refractivity contribution in [3.8, 4) is 0 Å². The van der Waals surface area contributed by atoms with Crippen LogP contribution in [0.2, 0.25) is 6.82 Å². The quantitative estimate of drug-likeness (QED) is 0.614. The van der Waals surface area contributed by atoms with Crippen LogP contribution in [-0.2, 0) is 0 Å². The Bertz CT molecular complexity index is 196. The summed E-state index contributed by atoms with van der Waals surface area (Å²) in [5.41, 5.74) is 0. The van der Waals surface area contributed by atoms with Gasteiger partial charge in [0, 0.05) is 24.7 Å². The average molecular weight is 193 g/mol. The van der Waals surface area contributed by atoms with E-state index in [1.807, 2.05) is 0 Å². The lowest BCUT2D eigenvalue weighted by Gasteiger charge is -2.32. The Morgan fingerprint density at radius 2 is 1.86 bits per heavy atom. The molecule has 14 heavy (non-hydrogen) atoms. The normalized spacial score (nSPS) is 34.9. The Kier molecular flexibility index (Phi) is 3.18. The zero-order chi connectivity index (χ0) is 10.1. The maximum absolute atomic E-state index is 2.75. The standard InChI is InChI=1S/C11H22BN2/c1-9(2)14-10-4-5-11(14)8-13(12-3)7-6-10/h9-11H,4-8H2,1-3H3. The smallest absolute Gasteiger partial charge is 0.205 e. The van der Waals surface area contributed by atoms with Crippen LogP contribution in [0.3, 0.4) is 0 Å². The third-order valence-corrected chi connectivity index (χ3v) is 3.83. The zero-order valence-corrected chi connectivity index (χ0v) is 9.74. The van der Waals surface area contributed by atoms with Gasteiger partial charge in [0.05, 0.1) is 0 Å². The molecule has 2 aliphatic heterocycles. The number of rotatable bonds is 2. The highest BCUT2D eigenvalue weighted by atomic mass is 15.3. The molecular formula is C11H22BN2. The van der Waals surface area contributed by atoms with Crippen molar-refractivity contribution in [3.63, 3.8) is 0 Å². The van der Waals surface area contributed by atoms with Crippen LogP contribution in [0.15, 0.2) is 0 Å². The fourth-order valence-electron chi connectivity index (χ4n) is 3.21. The highest BCUT2D eigenvalue weighted by Gasteiger charge is 2.37. The van der Waals surface area contributed by atoms with E-state index in [0.717, 1.165) is 18.1 Å². The topological polar surface area (TPSA) is 6.48 Å². The second kappa shape index (κ2) is 4.24. The Labute approximate surface area is 88.9 Å². The molecule has 2 saturated heterocycles. The van der Waals surface area contributed by atoms with Crippen LogP contribution >= 0.6 is 0 Å². The van der Waals surface area contributed by atoms with Gasteiger partial charge >= 0.3 is 0 Å². The highest BCUT2D eigenvalue weighted by Crippen LogP contribution is 2.31. The molecule has 3 heteroatoms. The van der Waals surface area contributed by atoms with Gasteiger partial charge in [-0.05, 0) is 39.7 Å². The molecule has 0 amide bonds. The summed E-state index contributed by atoms with van der Waals surface area (Å²) in [6, 6.07) is 2.41. The molecule has 0 spiro atoms. The van der Waals surface area contributed by atoms with Crippen molar-refractivity contribution in [1.82, 2.24) is 9.71 Å². The molecule has 2 aliphatic rings. The van der Waals surface area contributed by atoms with Gasteiger partial charge in [0.25, 0.3) is 0 Å². The van der Waals surface area contributed by atoms with Crippen LogP contribution in [-0.4, -0.2) is 48.3 Å². The van der Waals surface area contributed by atoms with E-state index in [0.29, 0.717) is 0 Å². The summed E-state index contributed by atoms with van der Waals surface area (Å²) in [6.45, 7) is 9.37. The van der Waals surface area contributed by atoms with Crippen LogP contribution in [0.1, 0.15) is 33.1 Å². The average Bonchev–Trinajstić information content (AvgIpc) is 2.41. The molecule has 2 bridgehead atoms. The number of hydrogen-bond acceptors (Lipinski definition) is 2. The van der Waals surface area contributed by atoms with E-state index >= 15 is 0 Å². The van der Waals surface area contributed by atoms with Crippen LogP contribution in [0.25, 0.3) is 0 Å². The van der Waals surface area contributed by atoms with Gasteiger partial charge in [-0.3, -0.25) is 4.90 Å². The Morgan fingerprint density at radius 1 is 1.14 bits per heavy atom. The molecule has 0 saturated carbocycles. The Morgan fingerprint density at radius 3 is 2.50 bits per heavy atom. The van der Waals surface area contributed by atoms with Crippen molar-refractivity contribution in [2.45, 2.75) is 58.1 Å². The predicted molar refractivity (Wildman–Crippen MR) is 61.6 cm³/mol. The molecule has 0 N–H and O–H groups in total. The second-order valence-corrected chi connectivity index (χ2v) is 4.97. The highest BCUT2D eigenvalue weighted by molar-refractivity contribution is 6.29. The van der Waals surface area contributed by atoms with Crippen molar-refractivity contribution in [2.24, 2.45) is 0 Å². The zero-order valence-electron chi connectivity index (χ0n) is 9.74. The van der Waals surface area contributed by atoms with Crippen molar-refractivity contribution >= 4 is 7.41 Å². The molecule has 2 atom stereocenters. The molecule has 2 rings (SSSR count). The summed E-state index contributed by atoms with van der Waals surface area (Å²) < 4.78 is 0. The van der Waals surface area contributed by atoms with Gasteiger partial charge in [0.1, 0.15) is 0 Å². The van der Waals surface area contributed by atoms with Crippen LogP contribution < -0.4 is 0 Å². The molecule has 0 aromatic carbocycles. The summed E-state index contributed by atoms with van der Waals surface area (Å²) in [7, 11) is 2.26. The molecule has 0 aromatic rings. The Hall–Kier alpha value is -0.0151. The third kappa shape index (κ3) is 1.85. The summed E-state index contributed by atoms with van der Waals surface area (Å²) in [5, 5.41) is 0. The maximum Gasteiger partial charge on any atom is 0.205 e. The van der Waals surface area contributed by atoms with Crippen LogP contribution in [0.4, 0.5) is 0 Å². The minimum absolute atomic E-state index is 0.726. The largest absolute Gasteiger partial charge is 0.345 e. The summed E-state index contributed by atoms with van der Waals surface area (Å²) in [4.78, 5) is 5.25. The van der Waals surface area contributed by atoms with E-state index in [2.05, 4.69) is 37.8 Å². The van der Waals surface area contributed by atoms with E-state index in [1.54, 1.807) is 0 Å². The minimum Gasteiger partial charge on any atom is -0.345 e. The molecule has 2 unspecified atom stereocenters. The molecule has 0 aromatic heterocycles. The van der Waals surface area contributed by atoms with Crippen molar-refractivity contribution in [1.29, 1.82) is 0 Å². The van der Waals surface area contributed by atoms with Crippen molar-refractivity contribution in [2.75, 3.05) is 13.1 Å². The number of nitrogens with zero attached hydrogens (tertiary/aromatic N) is 2. The summed E-state index contributed by atoms with van der Waals surface area (Å²) in [5.74, 6) is 0. The predicted octanol–water partition coefficient (Wildman–Crippen LogP) is 1.60. The van der Waals surface area contributed by atoms with Crippen molar-refractivity contribution < 1.29 is 0 Å². The molecule has 79 valence electrons. The fraction of sp³-hybridized carbons (Fsp3) is 1.00. The molecule has 2 nitrogen and oxygen atoms in total. The van der Waals surface area contributed by atoms with Crippen LogP contribution in [0.5, 0.6) is 0 Å². The van der Waals surface area contributed by atoms with E-state index in [9.17, 15) is 0 Å². The number of hydrogen-bond donors (Lipinski definition) is 0. The number of fused-ring (bicyclic) bond motifs is 2. The molecule has 1 radical (unpaired) electrons. The third-order valence-electron chi connectivity index (χ3n) is 3.83. The molecule has 2 fully saturated rings. The van der Waals surface area contributed by atoms with Gasteiger partial charge in [-0.15, -0.1) is 0 Å². The molecular weight excluding hydrogens is 171 g/mol. The van der Waals surface area contributed by atoms with E-state index < -0.39 is 0 Å². The van der Waals surface area contributed by atoms with E-state index in [4.69, 9.17) is 0 Å². The van der Waals surface area contributed by atoms with Crippen molar-refractivity contribution in [3.05, 3.63) is 0 Å². The Balaban J connectivity index is 2.07. The fourth-order valence-corrected chi connectivity index (χ4v) is 3.21. The lowest BCUT2D eigenvalue weighted by atomic mass is 9.93. The maximum atomic E-state index is 2.75. The van der Waals surface area contributed by atoms with Crippen LogP contribution in [0, 0.1) is 0 Å². The van der Waals surface area contributed by atoms with Gasteiger partial charge < -0.3 is 4.81 Å². The SMILES string of the molecule is C[B]N1CCC2CCC(C1)N2C(C)C. The molecule has 2 heterocycles. The van der Waals surface area contributed by atoms with Gasteiger partial charge in [-0.2, -0.15) is 0 Å². The lowest BCUT2D eigenvalue weighted by Crippen LogP contribution is -2.43. The van der Waals surface area contributed by atoms with E-state index in [-0.39, 0.29) is 0 Å². The minimum atomic E-state index is 0.726. The summed E-state index contributed by atoms with van der Waals surface area (Å²) in [6.07, 6.45) is 4.20. The first-order valence-electron chi connectivity index (χ1n) is 6.03. The molecule has 0 aliphatic carbocycles. The first kappa shape index (κ1) is 10.5. The first-order valence-corrected chi connectivity index (χ1v) is 6.03. The summed E-state index contributed by atoms with van der Waals surface area (Å²) >= 11 is 0.